The van der Waals surface area contributed by atoms with E-state index in [4.69, 9.17) is 0 Å². The lowest BCUT2D eigenvalue weighted by molar-refractivity contribution is -0.255. The Morgan fingerprint density at radius 2 is 2.10 bits per heavy atom. The van der Waals surface area contributed by atoms with Gasteiger partial charge in [-0.1, -0.05) is 19.8 Å². The van der Waals surface area contributed by atoms with Crippen LogP contribution in [0.2, 0.25) is 0 Å². The van der Waals surface area contributed by atoms with E-state index >= 15 is 0 Å². The highest BCUT2D eigenvalue weighted by Crippen LogP contribution is 1.99. The molecule has 0 saturated carbocycles. The molecule has 60 valence electrons. The minimum atomic E-state index is -0.282. The zero-order valence-corrected chi connectivity index (χ0v) is 6.55. The molecule has 3 nitrogen and oxygen atoms in total. The molecular formula is C7H14O3. The highest BCUT2D eigenvalue weighted by atomic mass is 17.2. The maximum Gasteiger partial charge on any atom is 0.342 e. The summed E-state index contributed by atoms with van der Waals surface area (Å²) >= 11 is 0. The quantitative estimate of drug-likeness (QED) is 0.336. The topological polar surface area (TPSA) is 35.5 Å². The summed E-state index contributed by atoms with van der Waals surface area (Å²) in [5.41, 5.74) is 0. The second-order valence-corrected chi connectivity index (χ2v) is 2.08. The van der Waals surface area contributed by atoms with Crippen LogP contribution in [0.5, 0.6) is 0 Å². The van der Waals surface area contributed by atoms with Crippen LogP contribution in [0.15, 0.2) is 0 Å². The summed E-state index contributed by atoms with van der Waals surface area (Å²) in [6.45, 7) is 2.08. The van der Waals surface area contributed by atoms with Gasteiger partial charge < -0.3 is 0 Å². The van der Waals surface area contributed by atoms with Crippen LogP contribution in [-0.2, 0) is 14.6 Å². The van der Waals surface area contributed by atoms with Crippen molar-refractivity contribution >= 4 is 5.97 Å². The maximum atomic E-state index is 10.6. The average molecular weight is 146 g/mol. The first-order valence-corrected chi connectivity index (χ1v) is 3.54. The van der Waals surface area contributed by atoms with Crippen molar-refractivity contribution in [3.05, 3.63) is 0 Å². The molecular weight excluding hydrogens is 132 g/mol. The summed E-state index contributed by atoms with van der Waals surface area (Å²) in [5.74, 6) is -0.282. The van der Waals surface area contributed by atoms with Crippen LogP contribution in [-0.4, -0.2) is 13.1 Å². The molecule has 0 N–H and O–H groups in total. The van der Waals surface area contributed by atoms with Crippen LogP contribution >= 0.6 is 0 Å². The molecule has 0 bridgehead atoms. The number of rotatable bonds is 5. The van der Waals surface area contributed by atoms with E-state index in [1.165, 1.54) is 7.11 Å². The van der Waals surface area contributed by atoms with Crippen LogP contribution in [0, 0.1) is 0 Å². The summed E-state index contributed by atoms with van der Waals surface area (Å²) in [7, 11) is 1.33. The minimum Gasteiger partial charge on any atom is -0.299 e. The zero-order chi connectivity index (χ0) is 7.82. The fourth-order valence-corrected chi connectivity index (χ4v) is 0.654. The third kappa shape index (κ3) is 5.56. The molecule has 0 amide bonds. The predicted octanol–water partition coefficient (Wildman–Crippen LogP) is 1.67. The summed E-state index contributed by atoms with van der Waals surface area (Å²) in [6, 6.07) is 0. The van der Waals surface area contributed by atoms with Crippen molar-refractivity contribution in [3.63, 3.8) is 0 Å². The Morgan fingerprint density at radius 1 is 1.40 bits per heavy atom. The van der Waals surface area contributed by atoms with Gasteiger partial charge in [0.1, 0.15) is 0 Å². The van der Waals surface area contributed by atoms with Crippen molar-refractivity contribution < 1.29 is 14.6 Å². The minimum absolute atomic E-state index is 0.282. The van der Waals surface area contributed by atoms with Crippen molar-refractivity contribution in [2.45, 2.75) is 32.6 Å². The van der Waals surface area contributed by atoms with Gasteiger partial charge in [-0.25, -0.2) is 4.79 Å². The molecule has 0 aliphatic carbocycles. The fourth-order valence-electron chi connectivity index (χ4n) is 0.654. The highest BCUT2D eigenvalue weighted by molar-refractivity contribution is 5.68. The molecule has 10 heavy (non-hydrogen) atoms. The second kappa shape index (κ2) is 6.55. The normalized spacial score (nSPS) is 9.40. The van der Waals surface area contributed by atoms with Crippen molar-refractivity contribution in [1.29, 1.82) is 0 Å². The molecule has 0 fully saturated rings. The average Bonchev–Trinajstić information content (AvgIpc) is 1.89. The van der Waals surface area contributed by atoms with Crippen molar-refractivity contribution in [2.24, 2.45) is 0 Å². The Balaban J connectivity index is 3.05. The Bertz CT molecular complexity index is 90.9. The molecule has 3 heteroatoms. The molecule has 0 aromatic carbocycles. The van der Waals surface area contributed by atoms with Crippen molar-refractivity contribution in [2.75, 3.05) is 7.11 Å². The molecule has 0 spiro atoms. The summed E-state index contributed by atoms with van der Waals surface area (Å²) < 4.78 is 0. The van der Waals surface area contributed by atoms with Crippen molar-refractivity contribution in [1.82, 2.24) is 0 Å². The zero-order valence-electron chi connectivity index (χ0n) is 6.55. The predicted molar refractivity (Wildman–Crippen MR) is 37.2 cm³/mol. The van der Waals surface area contributed by atoms with E-state index in [0.717, 1.165) is 19.3 Å². The van der Waals surface area contributed by atoms with Gasteiger partial charge in [0, 0.05) is 6.42 Å². The maximum absolute atomic E-state index is 10.6. The Hall–Kier alpha value is -0.570. The summed E-state index contributed by atoms with van der Waals surface area (Å²) in [5, 5.41) is 0. The van der Waals surface area contributed by atoms with Crippen LogP contribution in [0.4, 0.5) is 0 Å². The summed E-state index contributed by atoms with van der Waals surface area (Å²) in [4.78, 5) is 19.0. The van der Waals surface area contributed by atoms with Gasteiger partial charge in [0.2, 0.25) is 0 Å². The number of hydrogen-bond donors (Lipinski definition) is 0. The van der Waals surface area contributed by atoms with E-state index in [2.05, 4.69) is 16.7 Å². The first-order valence-electron chi connectivity index (χ1n) is 3.54. The monoisotopic (exact) mass is 146 g/mol. The lowest BCUT2D eigenvalue weighted by Gasteiger charge is -1.97. The number of unbranched alkanes of at least 4 members (excludes halogenated alkanes) is 2. The van der Waals surface area contributed by atoms with E-state index in [1.54, 1.807) is 0 Å². The van der Waals surface area contributed by atoms with E-state index in [9.17, 15) is 4.79 Å². The third-order valence-corrected chi connectivity index (χ3v) is 1.16. The van der Waals surface area contributed by atoms with Gasteiger partial charge in [0.15, 0.2) is 0 Å². The molecule has 0 radical (unpaired) electrons. The lowest BCUT2D eigenvalue weighted by Crippen LogP contribution is -2.02. The van der Waals surface area contributed by atoms with Gasteiger partial charge in [-0.3, -0.25) is 4.89 Å². The molecule has 0 heterocycles. The molecule has 0 unspecified atom stereocenters. The number of carbonyl (C=O) groups is 1. The standard InChI is InChI=1S/C7H14O3/c1-3-4-5-6-7(8)10-9-2/h3-6H2,1-2H3. The first kappa shape index (κ1) is 9.43. The fraction of sp³-hybridized carbons (Fsp3) is 0.857. The number of hydrogen-bond acceptors (Lipinski definition) is 3. The Morgan fingerprint density at radius 3 is 2.60 bits per heavy atom. The molecule has 0 aliphatic heterocycles. The van der Waals surface area contributed by atoms with Gasteiger partial charge in [0.25, 0.3) is 0 Å². The largest absolute Gasteiger partial charge is 0.342 e. The number of carbonyl (C=O) groups excluding carboxylic acids is 1. The molecule has 0 atom stereocenters. The first-order chi connectivity index (χ1) is 4.81. The smallest absolute Gasteiger partial charge is 0.299 e. The molecule has 0 aromatic rings. The van der Waals surface area contributed by atoms with Crippen LogP contribution in [0.1, 0.15) is 32.6 Å². The van der Waals surface area contributed by atoms with Crippen molar-refractivity contribution in [3.8, 4) is 0 Å². The highest BCUT2D eigenvalue weighted by Gasteiger charge is 2.00. The Kier molecular flexibility index (Phi) is 6.18. The molecule has 0 rings (SSSR count). The SMILES string of the molecule is CCCCCC(=O)OOC. The van der Waals surface area contributed by atoms with E-state index in [1.807, 2.05) is 0 Å². The Labute approximate surface area is 61.2 Å². The molecule has 0 aliphatic rings. The van der Waals surface area contributed by atoms with Gasteiger partial charge in [-0.2, -0.15) is 4.89 Å². The van der Waals surface area contributed by atoms with Gasteiger partial charge in [0.05, 0.1) is 7.11 Å². The molecule has 0 aromatic heterocycles. The van der Waals surface area contributed by atoms with E-state index < -0.39 is 0 Å². The van der Waals surface area contributed by atoms with Crippen LogP contribution in [0.25, 0.3) is 0 Å². The lowest BCUT2D eigenvalue weighted by atomic mass is 10.2. The summed E-state index contributed by atoms with van der Waals surface area (Å²) in [6.07, 6.45) is 3.53. The van der Waals surface area contributed by atoms with E-state index in [0.29, 0.717) is 6.42 Å². The third-order valence-electron chi connectivity index (χ3n) is 1.16. The van der Waals surface area contributed by atoms with Gasteiger partial charge in [-0.05, 0) is 6.42 Å². The van der Waals surface area contributed by atoms with Crippen LogP contribution < -0.4 is 0 Å². The van der Waals surface area contributed by atoms with Crippen LogP contribution in [0.3, 0.4) is 0 Å². The van der Waals surface area contributed by atoms with E-state index in [-0.39, 0.29) is 5.97 Å². The van der Waals surface area contributed by atoms with Gasteiger partial charge >= 0.3 is 5.97 Å². The molecule has 0 saturated heterocycles. The second-order valence-electron chi connectivity index (χ2n) is 2.08. The van der Waals surface area contributed by atoms with Gasteiger partial charge in [-0.15, -0.1) is 0 Å².